The summed E-state index contributed by atoms with van der Waals surface area (Å²) in [7, 11) is 1.59. The molecule has 11 heteroatoms. The largest absolute Gasteiger partial charge is 0.368 e. The SMILES string of the molecule is Cn1cc(-c2c(NNC(=O)Cc3c(F)cccc3F)nc(N)nc2-c2ccccn2)ccc1=O. The Morgan fingerprint density at radius 2 is 1.82 bits per heavy atom. The molecular weight excluding hydrogens is 444 g/mol. The van der Waals surface area contributed by atoms with Gasteiger partial charge in [-0.3, -0.25) is 25.4 Å². The summed E-state index contributed by atoms with van der Waals surface area (Å²) >= 11 is 0. The first-order valence-corrected chi connectivity index (χ1v) is 10.1. The molecule has 0 fully saturated rings. The zero-order chi connectivity index (χ0) is 24.2. The van der Waals surface area contributed by atoms with Crippen LogP contribution in [0, 0.1) is 11.6 Å². The van der Waals surface area contributed by atoms with Gasteiger partial charge in [-0.1, -0.05) is 12.1 Å². The van der Waals surface area contributed by atoms with Crippen LogP contribution in [0.3, 0.4) is 0 Å². The van der Waals surface area contributed by atoms with Gasteiger partial charge in [0, 0.05) is 36.6 Å². The highest BCUT2D eigenvalue weighted by Crippen LogP contribution is 2.34. The van der Waals surface area contributed by atoms with Crippen LogP contribution in [0.1, 0.15) is 5.56 Å². The minimum absolute atomic E-state index is 0.105. The molecule has 0 unspecified atom stereocenters. The van der Waals surface area contributed by atoms with Crippen molar-refractivity contribution < 1.29 is 13.6 Å². The van der Waals surface area contributed by atoms with Crippen molar-refractivity contribution in [2.24, 2.45) is 7.05 Å². The lowest BCUT2D eigenvalue weighted by Crippen LogP contribution is -2.32. The molecule has 0 atom stereocenters. The molecule has 3 heterocycles. The van der Waals surface area contributed by atoms with Crippen molar-refractivity contribution in [1.29, 1.82) is 0 Å². The van der Waals surface area contributed by atoms with Crippen molar-refractivity contribution >= 4 is 17.7 Å². The van der Waals surface area contributed by atoms with Gasteiger partial charge in [0.2, 0.25) is 17.4 Å². The smallest absolute Gasteiger partial charge is 0.250 e. The third-order valence-electron chi connectivity index (χ3n) is 4.93. The van der Waals surface area contributed by atoms with E-state index < -0.39 is 24.0 Å². The number of pyridine rings is 2. The fraction of sp³-hybridized carbons (Fsp3) is 0.0870. The molecule has 0 bridgehead atoms. The number of rotatable bonds is 6. The Bertz CT molecular complexity index is 1400. The second-order valence-electron chi connectivity index (χ2n) is 7.29. The number of aryl methyl sites for hydroxylation is 1. The van der Waals surface area contributed by atoms with Crippen molar-refractivity contribution in [3.8, 4) is 22.5 Å². The van der Waals surface area contributed by atoms with Gasteiger partial charge < -0.3 is 10.3 Å². The molecule has 0 aliphatic heterocycles. The third-order valence-corrected chi connectivity index (χ3v) is 4.93. The van der Waals surface area contributed by atoms with Crippen LogP contribution in [0.15, 0.2) is 65.7 Å². The number of carbonyl (C=O) groups excluding carboxylic acids is 1. The molecule has 4 rings (SSSR count). The summed E-state index contributed by atoms with van der Waals surface area (Å²) < 4.78 is 29.2. The highest BCUT2D eigenvalue weighted by atomic mass is 19.1. The second-order valence-corrected chi connectivity index (χ2v) is 7.29. The standard InChI is InChI=1S/C23H19F2N7O2/c1-32-12-13(8-9-19(32)34)20-21(17-7-2-3-10-27-17)28-23(26)29-22(20)31-30-18(33)11-14-15(24)5-4-6-16(14)25/h2-10,12H,11H2,1H3,(H,30,33)(H3,26,28,29,31). The number of nitrogens with two attached hydrogens (primary N) is 1. The van der Waals surface area contributed by atoms with E-state index in [1.165, 1.54) is 16.7 Å². The molecule has 9 nitrogen and oxygen atoms in total. The van der Waals surface area contributed by atoms with Crippen LogP contribution >= 0.6 is 0 Å². The molecular formula is C23H19F2N7O2. The average molecular weight is 463 g/mol. The van der Waals surface area contributed by atoms with Gasteiger partial charge in [0.15, 0.2) is 5.82 Å². The van der Waals surface area contributed by atoms with E-state index in [1.54, 1.807) is 43.7 Å². The van der Waals surface area contributed by atoms with Crippen LogP contribution in [0.2, 0.25) is 0 Å². The lowest BCUT2D eigenvalue weighted by atomic mass is 10.0. The van der Waals surface area contributed by atoms with E-state index >= 15 is 0 Å². The lowest BCUT2D eigenvalue weighted by Gasteiger charge is -2.16. The molecule has 3 aromatic heterocycles. The zero-order valence-electron chi connectivity index (χ0n) is 17.9. The van der Waals surface area contributed by atoms with Gasteiger partial charge in [0.1, 0.15) is 17.3 Å². The van der Waals surface area contributed by atoms with Gasteiger partial charge in [0.05, 0.1) is 17.7 Å². The number of hydrogen-bond donors (Lipinski definition) is 3. The zero-order valence-corrected chi connectivity index (χ0v) is 17.9. The lowest BCUT2D eigenvalue weighted by molar-refractivity contribution is -0.120. The van der Waals surface area contributed by atoms with Crippen LogP contribution in [0.5, 0.6) is 0 Å². The van der Waals surface area contributed by atoms with Crippen LogP contribution in [-0.4, -0.2) is 25.4 Å². The molecule has 34 heavy (non-hydrogen) atoms. The number of nitrogen functional groups attached to an aromatic ring is 1. The van der Waals surface area contributed by atoms with Crippen LogP contribution < -0.4 is 22.1 Å². The second kappa shape index (κ2) is 9.45. The maximum atomic E-state index is 13.9. The van der Waals surface area contributed by atoms with Crippen molar-refractivity contribution in [2.75, 3.05) is 11.2 Å². The number of hydrazine groups is 1. The molecule has 1 aromatic carbocycles. The maximum Gasteiger partial charge on any atom is 0.250 e. The van der Waals surface area contributed by atoms with Crippen LogP contribution in [0.25, 0.3) is 22.5 Å². The predicted molar refractivity (Wildman–Crippen MR) is 122 cm³/mol. The number of benzene rings is 1. The summed E-state index contributed by atoms with van der Waals surface area (Å²) in [4.78, 5) is 37.2. The summed E-state index contributed by atoms with van der Waals surface area (Å²) in [5.74, 6) is -2.37. The number of amides is 1. The number of nitrogens with one attached hydrogen (secondary N) is 2. The third kappa shape index (κ3) is 4.72. The number of nitrogens with zero attached hydrogens (tertiary/aromatic N) is 4. The number of halogens is 2. The van der Waals surface area contributed by atoms with Gasteiger partial charge in [-0.15, -0.1) is 0 Å². The molecule has 4 aromatic rings. The van der Waals surface area contributed by atoms with Crippen molar-refractivity contribution in [3.05, 3.63) is 88.5 Å². The fourth-order valence-corrected chi connectivity index (χ4v) is 3.31. The number of carbonyl (C=O) groups is 1. The van der Waals surface area contributed by atoms with E-state index in [0.29, 0.717) is 22.5 Å². The molecule has 0 spiro atoms. The van der Waals surface area contributed by atoms with Gasteiger partial charge in [0.25, 0.3) is 0 Å². The quantitative estimate of drug-likeness (QED) is 0.375. The normalized spacial score (nSPS) is 10.7. The van der Waals surface area contributed by atoms with E-state index in [2.05, 4.69) is 25.8 Å². The monoisotopic (exact) mass is 463 g/mol. The highest BCUT2D eigenvalue weighted by Gasteiger charge is 2.20. The molecule has 172 valence electrons. The molecule has 0 radical (unpaired) electrons. The maximum absolute atomic E-state index is 13.9. The Labute approximate surface area is 192 Å². The van der Waals surface area contributed by atoms with Gasteiger partial charge in [-0.05, 0) is 30.3 Å². The number of hydrogen-bond acceptors (Lipinski definition) is 7. The van der Waals surface area contributed by atoms with Crippen molar-refractivity contribution in [2.45, 2.75) is 6.42 Å². The topological polar surface area (TPSA) is 128 Å². The van der Waals surface area contributed by atoms with E-state index in [0.717, 1.165) is 12.1 Å². The summed E-state index contributed by atoms with van der Waals surface area (Å²) in [5, 5.41) is 0. The Morgan fingerprint density at radius 3 is 2.50 bits per heavy atom. The number of aromatic nitrogens is 4. The Hall–Kier alpha value is -4.67. The van der Waals surface area contributed by atoms with Gasteiger partial charge >= 0.3 is 0 Å². The molecule has 0 aliphatic rings. The van der Waals surface area contributed by atoms with Crippen molar-refractivity contribution in [3.63, 3.8) is 0 Å². The van der Waals surface area contributed by atoms with Gasteiger partial charge in [-0.2, -0.15) is 4.98 Å². The summed E-state index contributed by atoms with van der Waals surface area (Å²) in [6.45, 7) is 0. The van der Waals surface area contributed by atoms with E-state index in [9.17, 15) is 18.4 Å². The molecule has 0 saturated heterocycles. The van der Waals surface area contributed by atoms with E-state index in [1.807, 2.05) is 0 Å². The van der Waals surface area contributed by atoms with Crippen molar-refractivity contribution in [1.82, 2.24) is 24.9 Å². The Morgan fingerprint density at radius 1 is 1.06 bits per heavy atom. The minimum Gasteiger partial charge on any atom is -0.368 e. The molecule has 1 amide bonds. The van der Waals surface area contributed by atoms with E-state index in [4.69, 9.17) is 5.73 Å². The predicted octanol–water partition coefficient (Wildman–Crippen LogP) is 2.45. The fourth-order valence-electron chi connectivity index (χ4n) is 3.31. The minimum atomic E-state index is -0.829. The molecule has 4 N–H and O–H groups in total. The first-order valence-electron chi connectivity index (χ1n) is 10.1. The van der Waals surface area contributed by atoms with E-state index in [-0.39, 0.29) is 22.9 Å². The average Bonchev–Trinajstić information content (AvgIpc) is 2.82. The Kier molecular flexibility index (Phi) is 6.26. The Balaban J connectivity index is 1.73. The van der Waals surface area contributed by atoms with Crippen LogP contribution in [-0.2, 0) is 18.3 Å². The van der Waals surface area contributed by atoms with Gasteiger partial charge in [-0.25, -0.2) is 13.8 Å². The summed E-state index contributed by atoms with van der Waals surface area (Å²) in [5.41, 5.74) is 12.1. The highest BCUT2D eigenvalue weighted by molar-refractivity contribution is 5.89. The van der Waals surface area contributed by atoms with Crippen LogP contribution in [0.4, 0.5) is 20.5 Å². The number of anilines is 2. The first kappa shape index (κ1) is 22.5. The molecule has 0 saturated carbocycles. The summed E-state index contributed by atoms with van der Waals surface area (Å²) in [6.07, 6.45) is 2.61. The summed E-state index contributed by atoms with van der Waals surface area (Å²) in [6, 6.07) is 11.5. The first-order chi connectivity index (χ1) is 16.3. The molecule has 0 aliphatic carbocycles.